The fraction of sp³-hybridized carbons (Fsp3) is 0.286. The molecule has 4 rings (SSSR count). The van der Waals surface area contributed by atoms with E-state index >= 15 is 0 Å². The Balaban J connectivity index is 0.000000349. The highest BCUT2D eigenvalue weighted by Crippen LogP contribution is 2.14. The predicted octanol–water partition coefficient (Wildman–Crippen LogP) is 1.74. The summed E-state index contributed by atoms with van der Waals surface area (Å²) in [5.41, 5.74) is 1.85. The summed E-state index contributed by atoms with van der Waals surface area (Å²) in [6, 6.07) is 6.96. The Bertz CT molecular complexity index is 1240. The minimum Gasteiger partial charge on any atom is -0.475 e. The Hall–Kier alpha value is -5.17. The number of pyridine rings is 2. The third-order valence-electron chi connectivity index (χ3n) is 4.36. The van der Waals surface area contributed by atoms with E-state index in [1.54, 1.807) is 30.6 Å². The summed E-state index contributed by atoms with van der Waals surface area (Å²) in [7, 11) is 0. The minimum atomic E-state index is -5.08. The van der Waals surface area contributed by atoms with Crippen molar-refractivity contribution in [3.05, 3.63) is 42.4 Å². The molecule has 2 aliphatic rings. The van der Waals surface area contributed by atoms with Gasteiger partial charge >= 0.3 is 24.3 Å². The Morgan fingerprint density at radius 2 is 1.17 bits per heavy atom. The highest BCUT2D eigenvalue weighted by molar-refractivity contribution is 6.03. The maximum atomic E-state index is 12.3. The van der Waals surface area contributed by atoms with Crippen LogP contribution in [0, 0.1) is 0 Å². The maximum Gasteiger partial charge on any atom is 0.490 e. The van der Waals surface area contributed by atoms with Crippen LogP contribution in [0.4, 0.5) is 43.5 Å². The van der Waals surface area contributed by atoms with E-state index in [-0.39, 0.29) is 5.91 Å². The van der Waals surface area contributed by atoms with Crippen LogP contribution in [0.1, 0.15) is 10.5 Å². The smallest absolute Gasteiger partial charge is 0.475 e. The number of aromatic nitrogens is 2. The number of anilines is 3. The number of nitrogens with zero attached hydrogens (tertiary/aromatic N) is 4. The molecule has 20 heteroatoms. The number of halogens is 6. The summed E-state index contributed by atoms with van der Waals surface area (Å²) in [6.45, 7) is 3.16. The molecule has 14 nitrogen and oxygen atoms in total. The van der Waals surface area contributed by atoms with Crippen LogP contribution in [-0.4, -0.2) is 88.5 Å². The molecule has 222 valence electrons. The number of amides is 1. The molecule has 0 radical (unpaired) electrons. The van der Waals surface area contributed by atoms with Gasteiger partial charge in [0, 0.05) is 13.1 Å². The lowest BCUT2D eigenvalue weighted by Crippen LogP contribution is -2.26. The SMILES string of the molecule is O=C(Nc1ccc(NC2=NCCN2)cn1)c1ccc(NC2=NCCN2)cn1.O=C(O)C(F)(F)F.O=C(O)C(F)(F)F. The number of carbonyl (C=O) groups is 3. The summed E-state index contributed by atoms with van der Waals surface area (Å²) in [5.74, 6) is -3.95. The van der Waals surface area contributed by atoms with E-state index < -0.39 is 24.3 Å². The van der Waals surface area contributed by atoms with E-state index in [1.165, 1.54) is 0 Å². The molecule has 2 aromatic heterocycles. The fourth-order valence-corrected chi connectivity index (χ4v) is 2.56. The van der Waals surface area contributed by atoms with Crippen molar-refractivity contribution in [1.82, 2.24) is 20.6 Å². The zero-order valence-corrected chi connectivity index (χ0v) is 20.5. The van der Waals surface area contributed by atoms with Crippen LogP contribution in [0.5, 0.6) is 0 Å². The molecule has 0 saturated carbocycles. The predicted molar refractivity (Wildman–Crippen MR) is 132 cm³/mol. The molecule has 0 atom stereocenters. The van der Waals surface area contributed by atoms with Crippen molar-refractivity contribution < 1.29 is 50.9 Å². The number of aliphatic imine (C=N–C) groups is 2. The lowest BCUT2D eigenvalue weighted by Gasteiger charge is -2.09. The average molecular weight is 593 g/mol. The number of rotatable bonds is 4. The number of hydrogen-bond donors (Lipinski definition) is 7. The molecule has 0 bridgehead atoms. The zero-order valence-electron chi connectivity index (χ0n) is 20.5. The number of guanidine groups is 2. The van der Waals surface area contributed by atoms with E-state index in [1.807, 2.05) is 6.07 Å². The Morgan fingerprint density at radius 1 is 0.732 bits per heavy atom. The first-order chi connectivity index (χ1) is 19.1. The van der Waals surface area contributed by atoms with Crippen molar-refractivity contribution in [2.45, 2.75) is 12.4 Å². The van der Waals surface area contributed by atoms with Gasteiger partial charge in [-0.3, -0.25) is 14.8 Å². The molecule has 2 aliphatic heterocycles. The number of carboxylic acids is 2. The first-order valence-corrected chi connectivity index (χ1v) is 11.1. The largest absolute Gasteiger partial charge is 0.490 e. The van der Waals surface area contributed by atoms with E-state index in [0.717, 1.165) is 43.5 Å². The number of aliphatic carboxylic acids is 2. The van der Waals surface area contributed by atoms with Gasteiger partial charge in [-0.2, -0.15) is 26.3 Å². The van der Waals surface area contributed by atoms with Crippen molar-refractivity contribution in [1.29, 1.82) is 0 Å². The normalized spacial score (nSPS) is 13.9. The second-order valence-electron chi connectivity index (χ2n) is 7.49. The molecular weight excluding hydrogens is 572 g/mol. The molecule has 0 spiro atoms. The Kier molecular flexibility index (Phi) is 11.2. The lowest BCUT2D eigenvalue weighted by molar-refractivity contribution is -0.193. The van der Waals surface area contributed by atoms with Crippen LogP contribution < -0.4 is 26.6 Å². The first-order valence-electron chi connectivity index (χ1n) is 11.1. The number of nitrogens with one attached hydrogen (secondary N) is 5. The van der Waals surface area contributed by atoms with Gasteiger partial charge in [0.05, 0.1) is 36.9 Å². The molecule has 0 aromatic carbocycles. The van der Waals surface area contributed by atoms with Gasteiger partial charge in [-0.25, -0.2) is 19.6 Å². The standard InChI is InChI=1S/C17H19N9O.2C2HF3O2/c27-15(13-3-1-11(9-22-13)24-16-18-5-6-19-16)26-14-4-2-12(10-23-14)25-17-20-7-8-21-17;2*3-2(4,5)1(6)7/h1-4,9-10H,5-8H2,(H2,18,19,24)(H2,20,21,25)(H,23,26,27);2*(H,6,7). The van der Waals surface area contributed by atoms with Gasteiger partial charge in [-0.05, 0) is 24.3 Å². The summed E-state index contributed by atoms with van der Waals surface area (Å²) < 4.78 is 63.5. The van der Waals surface area contributed by atoms with Crippen molar-refractivity contribution in [2.24, 2.45) is 9.98 Å². The topological polar surface area (TPSA) is 202 Å². The highest BCUT2D eigenvalue weighted by Gasteiger charge is 2.38. The maximum absolute atomic E-state index is 12.3. The van der Waals surface area contributed by atoms with Gasteiger partial charge in [0.1, 0.15) is 11.5 Å². The van der Waals surface area contributed by atoms with E-state index in [2.05, 4.69) is 46.5 Å². The first kappa shape index (κ1) is 32.0. The molecular formula is C21H21F6N9O5. The molecule has 7 N–H and O–H groups in total. The van der Waals surface area contributed by atoms with Gasteiger partial charge < -0.3 is 36.8 Å². The third-order valence-corrected chi connectivity index (χ3v) is 4.36. The third kappa shape index (κ3) is 11.6. The van der Waals surface area contributed by atoms with Crippen LogP contribution in [-0.2, 0) is 9.59 Å². The van der Waals surface area contributed by atoms with Crippen LogP contribution in [0.3, 0.4) is 0 Å². The number of carbonyl (C=O) groups excluding carboxylic acids is 1. The molecule has 2 aromatic rings. The summed E-state index contributed by atoms with van der Waals surface area (Å²) in [5, 5.41) is 29.4. The van der Waals surface area contributed by atoms with Crippen molar-refractivity contribution in [3.63, 3.8) is 0 Å². The second-order valence-corrected chi connectivity index (χ2v) is 7.49. The van der Waals surface area contributed by atoms with Gasteiger partial charge in [0.25, 0.3) is 5.91 Å². The lowest BCUT2D eigenvalue weighted by atomic mass is 10.3. The highest BCUT2D eigenvalue weighted by atomic mass is 19.4. The number of hydrogen-bond acceptors (Lipinski definition) is 11. The van der Waals surface area contributed by atoms with Gasteiger partial charge in [0.15, 0.2) is 11.9 Å². The van der Waals surface area contributed by atoms with Crippen molar-refractivity contribution in [3.8, 4) is 0 Å². The van der Waals surface area contributed by atoms with Crippen molar-refractivity contribution in [2.75, 3.05) is 42.1 Å². The van der Waals surface area contributed by atoms with Crippen molar-refractivity contribution >= 4 is 47.0 Å². The van der Waals surface area contributed by atoms with Gasteiger partial charge in [0.2, 0.25) is 0 Å². The molecule has 0 fully saturated rings. The van der Waals surface area contributed by atoms with Gasteiger partial charge in [-0.15, -0.1) is 0 Å². The fourth-order valence-electron chi connectivity index (χ4n) is 2.56. The average Bonchev–Trinajstić information content (AvgIpc) is 3.60. The molecule has 41 heavy (non-hydrogen) atoms. The minimum absolute atomic E-state index is 0.301. The second kappa shape index (κ2) is 14.3. The number of alkyl halides is 6. The van der Waals surface area contributed by atoms with E-state index in [9.17, 15) is 31.1 Å². The van der Waals surface area contributed by atoms with Crippen LogP contribution in [0.15, 0.2) is 46.6 Å². The molecule has 0 aliphatic carbocycles. The quantitative estimate of drug-likeness (QED) is 0.255. The summed E-state index contributed by atoms with van der Waals surface area (Å²) >= 11 is 0. The Morgan fingerprint density at radius 3 is 1.49 bits per heavy atom. The van der Waals surface area contributed by atoms with Crippen LogP contribution in [0.25, 0.3) is 0 Å². The zero-order chi connectivity index (χ0) is 30.6. The molecule has 0 saturated heterocycles. The summed E-state index contributed by atoms with van der Waals surface area (Å²) in [6.07, 6.45) is -6.94. The monoisotopic (exact) mass is 593 g/mol. The molecule has 0 unspecified atom stereocenters. The molecule has 4 heterocycles. The van der Waals surface area contributed by atoms with E-state index in [0.29, 0.717) is 17.5 Å². The Labute approximate surface area is 226 Å². The molecule has 1 amide bonds. The van der Waals surface area contributed by atoms with Crippen LogP contribution in [0.2, 0.25) is 0 Å². The number of carboxylic acid groups (broad SMARTS) is 2. The summed E-state index contributed by atoms with van der Waals surface area (Å²) in [4.78, 5) is 47.0. The van der Waals surface area contributed by atoms with Gasteiger partial charge in [-0.1, -0.05) is 0 Å². The van der Waals surface area contributed by atoms with Crippen LogP contribution >= 0.6 is 0 Å². The van der Waals surface area contributed by atoms with E-state index in [4.69, 9.17) is 19.8 Å².